The van der Waals surface area contributed by atoms with E-state index in [9.17, 15) is 11.0 Å². The Morgan fingerprint density at radius 1 is 0.448 bits per heavy atom. The highest BCUT2D eigenvalue weighted by molar-refractivity contribution is 6.18. The quantitative estimate of drug-likeness (QED) is 0.120. The van der Waals surface area contributed by atoms with Crippen molar-refractivity contribution in [2.24, 2.45) is 0 Å². The second-order valence-electron chi connectivity index (χ2n) is 16.7. The fourth-order valence-corrected chi connectivity index (χ4v) is 8.98. The van der Waals surface area contributed by atoms with Crippen molar-refractivity contribution < 1.29 is 11.0 Å². The molecular formula is C60H49N7. The summed E-state index contributed by atoms with van der Waals surface area (Å²) in [5.41, 5.74) is 11.9. The number of nitrogens with zero attached hydrogens (tertiary/aromatic N) is 7. The molecule has 7 heterocycles. The summed E-state index contributed by atoms with van der Waals surface area (Å²) < 4.78 is 79.4. The molecule has 0 bridgehead atoms. The monoisotopic (exact) mass is 875 g/mol. The Balaban J connectivity index is 1.11. The molecule has 0 amide bonds. The second-order valence-corrected chi connectivity index (χ2v) is 16.7. The maximum atomic E-state index is 9.79. The van der Waals surface area contributed by atoms with Crippen molar-refractivity contribution in [3.8, 4) is 55.9 Å². The van der Waals surface area contributed by atoms with Gasteiger partial charge >= 0.3 is 0 Å². The fraction of sp³-hybridized carbons (Fsp3) is 0.133. The number of para-hydroxylation sites is 1. The van der Waals surface area contributed by atoms with Gasteiger partial charge in [0.2, 0.25) is 0 Å². The molecule has 0 unspecified atom stereocenters. The summed E-state index contributed by atoms with van der Waals surface area (Å²) in [6.45, 7) is 7.53. The van der Waals surface area contributed by atoms with Gasteiger partial charge in [0.05, 0.1) is 40.5 Å². The van der Waals surface area contributed by atoms with Crippen LogP contribution in [0.25, 0.3) is 83.2 Å². The zero-order valence-electron chi connectivity index (χ0n) is 45.4. The first-order valence-corrected chi connectivity index (χ1v) is 22.2. The van der Waals surface area contributed by atoms with Crippen molar-refractivity contribution in [3.05, 3.63) is 222 Å². The number of aromatic nitrogens is 7. The molecule has 0 N–H and O–H groups in total. The van der Waals surface area contributed by atoms with Crippen molar-refractivity contribution in [1.29, 1.82) is 0 Å². The van der Waals surface area contributed by atoms with E-state index in [2.05, 4.69) is 29.3 Å². The Kier molecular flexibility index (Phi) is 8.79. The van der Waals surface area contributed by atoms with Crippen LogP contribution in [0, 0.1) is 27.7 Å². The Morgan fingerprint density at radius 3 is 1.64 bits per heavy atom. The van der Waals surface area contributed by atoms with E-state index < -0.39 is 25.5 Å². The van der Waals surface area contributed by atoms with Crippen LogP contribution in [0.2, 0.25) is 0 Å². The van der Waals surface area contributed by atoms with Crippen LogP contribution >= 0.6 is 0 Å². The lowest BCUT2D eigenvalue weighted by atomic mass is 9.86. The van der Waals surface area contributed by atoms with Gasteiger partial charge in [0.25, 0.3) is 0 Å². The van der Waals surface area contributed by atoms with Gasteiger partial charge < -0.3 is 0 Å². The zero-order valence-corrected chi connectivity index (χ0v) is 37.4. The Hall–Kier alpha value is -8.16. The molecule has 11 aromatic rings. The molecule has 0 fully saturated rings. The van der Waals surface area contributed by atoms with Crippen molar-refractivity contribution in [2.45, 2.75) is 53.2 Å². The number of fused-ring (bicyclic) bond motifs is 6. The predicted molar refractivity (Wildman–Crippen MR) is 273 cm³/mol. The molecule has 67 heavy (non-hydrogen) atoms. The minimum absolute atomic E-state index is 0.0432. The number of hydrogen-bond donors (Lipinski definition) is 0. The van der Waals surface area contributed by atoms with Crippen LogP contribution in [0.4, 0.5) is 0 Å². The van der Waals surface area contributed by atoms with Crippen LogP contribution in [0.5, 0.6) is 0 Å². The van der Waals surface area contributed by atoms with E-state index in [1.165, 1.54) is 30.6 Å². The smallest absolute Gasteiger partial charge is 0.0997 e. The SMILES string of the molecule is [2H]C([2H])(c1ccc(-c2ccc(C)nc2C)nc1)C([2H])([2H])c1cc(-c2ccccc2-c2cnc3c4ccccc4n4cncc4c3c2-c2ccccc2)cc(C([2H])([2H])C([2H])([2H])c2ccc(-c3ccc(C)nc3C)nc2)c1. The third-order valence-corrected chi connectivity index (χ3v) is 12.1. The number of hydrogen-bond acceptors (Lipinski definition) is 6. The summed E-state index contributed by atoms with van der Waals surface area (Å²) in [7, 11) is 0. The molecule has 0 aliphatic rings. The molecule has 0 aliphatic heterocycles. The maximum Gasteiger partial charge on any atom is 0.0997 e. The first-order chi connectivity index (χ1) is 35.9. The van der Waals surface area contributed by atoms with Gasteiger partial charge in [-0.05, 0) is 140 Å². The summed E-state index contributed by atoms with van der Waals surface area (Å²) in [6, 6.07) is 43.7. The fourth-order valence-electron chi connectivity index (χ4n) is 8.98. The Morgan fingerprint density at radius 2 is 1.03 bits per heavy atom. The zero-order chi connectivity index (χ0) is 52.6. The standard InChI is InChI=1S/C60H49N7/c1-38-18-26-48(40(3)65-38)54-28-24-42(33-62-54)20-22-44-30-45(23-21-43-25-29-55(63-34-43)49-27-19-39(2)66-41(49)4)32-47(31-44)50-14-8-9-15-51(50)53-35-64-60-52-16-10-11-17-56(52)67-37-61-36-57(67)59(60)58(53)46-12-6-5-7-13-46/h5-19,24-37H,20-23H2,1-4H3/i20D2,21D2,22D2,23D2. The molecule has 0 aliphatic carbocycles. The minimum atomic E-state index is -2.85. The van der Waals surface area contributed by atoms with E-state index in [4.69, 9.17) is 4.98 Å². The van der Waals surface area contributed by atoms with Gasteiger partial charge in [0, 0.05) is 85.4 Å². The first kappa shape index (κ1) is 33.3. The van der Waals surface area contributed by atoms with Crippen LogP contribution in [-0.2, 0) is 25.5 Å². The third kappa shape index (κ3) is 8.14. The van der Waals surface area contributed by atoms with Gasteiger partial charge in [-0.1, -0.05) is 103 Å². The minimum Gasteiger partial charge on any atom is -0.298 e. The van der Waals surface area contributed by atoms with Gasteiger partial charge in [0.15, 0.2) is 0 Å². The largest absolute Gasteiger partial charge is 0.298 e. The van der Waals surface area contributed by atoms with Gasteiger partial charge in [-0.25, -0.2) is 4.98 Å². The van der Waals surface area contributed by atoms with Gasteiger partial charge in [-0.2, -0.15) is 0 Å². The molecule has 0 radical (unpaired) electrons. The van der Waals surface area contributed by atoms with Crippen LogP contribution in [0.15, 0.2) is 177 Å². The van der Waals surface area contributed by atoms with E-state index in [1.54, 1.807) is 30.6 Å². The number of imidazole rings is 1. The van der Waals surface area contributed by atoms with E-state index in [-0.39, 0.29) is 22.3 Å². The highest BCUT2D eigenvalue weighted by Crippen LogP contribution is 2.44. The van der Waals surface area contributed by atoms with Crippen molar-refractivity contribution in [1.82, 2.24) is 34.3 Å². The molecule has 7 aromatic heterocycles. The maximum absolute atomic E-state index is 9.79. The van der Waals surface area contributed by atoms with Crippen LogP contribution < -0.4 is 0 Å². The molecule has 4 aromatic carbocycles. The molecule has 7 heteroatoms. The Labute approximate surface area is 402 Å². The van der Waals surface area contributed by atoms with Crippen molar-refractivity contribution in [3.63, 3.8) is 0 Å². The van der Waals surface area contributed by atoms with Crippen LogP contribution in [0.3, 0.4) is 0 Å². The van der Waals surface area contributed by atoms with Crippen LogP contribution in [-0.4, -0.2) is 34.3 Å². The lowest BCUT2D eigenvalue weighted by Gasteiger charge is -2.19. The average molecular weight is 876 g/mol. The third-order valence-electron chi connectivity index (χ3n) is 12.1. The van der Waals surface area contributed by atoms with Crippen LogP contribution in [0.1, 0.15) is 56.0 Å². The summed E-state index contributed by atoms with van der Waals surface area (Å²) in [6.07, 6.45) is -3.08. The van der Waals surface area contributed by atoms with E-state index in [0.29, 0.717) is 28.1 Å². The summed E-state index contributed by atoms with van der Waals surface area (Å²) in [5, 5.41) is 1.79. The van der Waals surface area contributed by atoms with Gasteiger partial charge in [0.1, 0.15) is 0 Å². The first-order valence-electron chi connectivity index (χ1n) is 26.2. The number of benzene rings is 4. The summed E-state index contributed by atoms with van der Waals surface area (Å²) in [4.78, 5) is 28.1. The van der Waals surface area contributed by atoms with E-state index in [0.717, 1.165) is 77.9 Å². The van der Waals surface area contributed by atoms with Crippen molar-refractivity contribution >= 4 is 27.3 Å². The molecule has 324 valence electrons. The van der Waals surface area contributed by atoms with E-state index in [1.807, 2.05) is 143 Å². The highest BCUT2D eigenvalue weighted by Gasteiger charge is 2.21. The molecular weight excluding hydrogens is 819 g/mol. The Bertz CT molecular complexity index is 3870. The summed E-state index contributed by atoms with van der Waals surface area (Å²) >= 11 is 0. The summed E-state index contributed by atoms with van der Waals surface area (Å²) in [5.74, 6) is 0. The predicted octanol–water partition coefficient (Wildman–Crippen LogP) is 13.8. The number of aryl methyl sites for hydroxylation is 8. The second kappa shape index (κ2) is 17.7. The molecule has 0 atom stereocenters. The molecule has 11 rings (SSSR count). The lowest BCUT2D eigenvalue weighted by Crippen LogP contribution is -2.00. The number of rotatable bonds is 11. The average Bonchev–Trinajstić information content (AvgIpc) is 3.92. The van der Waals surface area contributed by atoms with E-state index >= 15 is 0 Å². The lowest BCUT2D eigenvalue weighted by molar-refractivity contribution is 0.923. The molecule has 7 nitrogen and oxygen atoms in total. The van der Waals surface area contributed by atoms with Crippen molar-refractivity contribution in [2.75, 3.05) is 0 Å². The molecule has 0 saturated carbocycles. The highest BCUT2D eigenvalue weighted by atomic mass is 15.0. The molecule has 0 saturated heterocycles. The normalized spacial score (nSPS) is 14.1. The van der Waals surface area contributed by atoms with Gasteiger partial charge in [-0.3, -0.25) is 29.3 Å². The number of pyridine rings is 6. The molecule has 0 spiro atoms. The van der Waals surface area contributed by atoms with Gasteiger partial charge in [-0.15, -0.1) is 0 Å². The topological polar surface area (TPSA) is 81.8 Å².